The van der Waals surface area contributed by atoms with Crippen LogP contribution < -0.4 is 16.0 Å². The number of hydrogen-bond acceptors (Lipinski definition) is 10. The average molecular weight is 655 g/mol. The molecule has 1 amide bonds. The standard InChI is InChI=1S/C36H46N8O4/c1-4-37-33(45)29-28-30(48-36(2,3)47-28)34(46-29)44-23-40-27-31(41-35(42-32(27)44)38-18-21-43-19-12-7-13-20-43)39-22-26(24-14-8-5-9-15-24)25-16-10-6-11-17-25/h5-6,8-11,14-17,23,26,28-30,34H,4,7,12-13,18-22H2,1-3H3,(H,37,45)(H2,38,39,41,42)/t28-,29-,30+,34+/m0/s1. The first-order valence-corrected chi connectivity index (χ1v) is 17.2. The molecule has 0 unspecified atom stereocenters. The molecule has 254 valence electrons. The zero-order valence-electron chi connectivity index (χ0n) is 28.0. The van der Waals surface area contributed by atoms with Crippen molar-refractivity contribution in [2.75, 3.05) is 49.9 Å². The van der Waals surface area contributed by atoms with Gasteiger partial charge in [0.15, 0.2) is 35.1 Å². The summed E-state index contributed by atoms with van der Waals surface area (Å²) in [7, 11) is 0. The van der Waals surface area contributed by atoms with Crippen LogP contribution in [0.1, 0.15) is 63.3 Å². The van der Waals surface area contributed by atoms with Gasteiger partial charge in [-0.15, -0.1) is 0 Å². The van der Waals surface area contributed by atoms with E-state index in [0.717, 1.165) is 19.6 Å². The first-order valence-electron chi connectivity index (χ1n) is 17.2. The number of carbonyl (C=O) groups is 1. The van der Waals surface area contributed by atoms with E-state index in [1.54, 1.807) is 6.33 Å². The molecule has 2 aromatic heterocycles. The molecule has 3 fully saturated rings. The highest BCUT2D eigenvalue weighted by atomic mass is 16.8. The minimum absolute atomic E-state index is 0.0815. The number of amides is 1. The van der Waals surface area contributed by atoms with E-state index >= 15 is 0 Å². The first-order chi connectivity index (χ1) is 23.4. The third kappa shape index (κ3) is 6.88. The van der Waals surface area contributed by atoms with Crippen LogP contribution in [0.5, 0.6) is 0 Å². The summed E-state index contributed by atoms with van der Waals surface area (Å²) in [6.45, 7) is 10.5. The Balaban J connectivity index is 1.21. The molecule has 0 aliphatic carbocycles. The summed E-state index contributed by atoms with van der Waals surface area (Å²) in [6.07, 6.45) is 2.85. The van der Waals surface area contributed by atoms with Gasteiger partial charge in [0.2, 0.25) is 5.95 Å². The lowest BCUT2D eigenvalue weighted by Crippen LogP contribution is -2.42. The molecule has 12 heteroatoms. The largest absolute Gasteiger partial charge is 0.367 e. The molecular weight excluding hydrogens is 608 g/mol. The number of anilines is 2. The molecule has 3 N–H and O–H groups in total. The van der Waals surface area contributed by atoms with Crippen molar-refractivity contribution in [3.63, 3.8) is 0 Å². The number of ether oxygens (including phenoxy) is 3. The lowest BCUT2D eigenvalue weighted by molar-refractivity contribution is -0.197. The van der Waals surface area contributed by atoms with Crippen molar-refractivity contribution >= 4 is 28.8 Å². The van der Waals surface area contributed by atoms with Gasteiger partial charge in [-0.05, 0) is 57.8 Å². The van der Waals surface area contributed by atoms with Gasteiger partial charge in [-0.25, -0.2) is 4.98 Å². The molecular formula is C36H46N8O4. The molecule has 3 aliphatic rings. The molecule has 0 saturated carbocycles. The van der Waals surface area contributed by atoms with Crippen molar-refractivity contribution in [1.82, 2.24) is 29.7 Å². The van der Waals surface area contributed by atoms with Crippen LogP contribution in [0.3, 0.4) is 0 Å². The third-order valence-electron chi connectivity index (χ3n) is 9.37. The highest BCUT2D eigenvalue weighted by molar-refractivity contribution is 5.85. The van der Waals surface area contributed by atoms with E-state index in [9.17, 15) is 4.79 Å². The molecule has 0 radical (unpaired) electrons. The van der Waals surface area contributed by atoms with Crippen LogP contribution >= 0.6 is 0 Å². The topological polar surface area (TPSA) is 128 Å². The number of carbonyl (C=O) groups excluding carboxylic acids is 1. The van der Waals surface area contributed by atoms with Crippen molar-refractivity contribution in [3.8, 4) is 0 Å². The Bertz CT molecular complexity index is 1640. The lowest BCUT2D eigenvalue weighted by Gasteiger charge is -2.26. The minimum atomic E-state index is -0.870. The van der Waals surface area contributed by atoms with Crippen LogP contribution in [0.15, 0.2) is 67.0 Å². The zero-order chi connectivity index (χ0) is 33.1. The number of imidazole rings is 1. The minimum Gasteiger partial charge on any atom is -0.367 e. The Morgan fingerprint density at radius 2 is 1.62 bits per heavy atom. The summed E-state index contributed by atoms with van der Waals surface area (Å²) in [5, 5.41) is 9.99. The second-order valence-corrected chi connectivity index (χ2v) is 13.2. The fourth-order valence-electron chi connectivity index (χ4n) is 7.10. The fourth-order valence-corrected chi connectivity index (χ4v) is 7.10. The molecule has 0 bridgehead atoms. The van der Waals surface area contributed by atoms with E-state index in [1.165, 1.54) is 30.4 Å². The number of likely N-dealkylation sites (tertiary alicyclic amines) is 1. The molecule has 3 saturated heterocycles. The Labute approximate surface area is 281 Å². The second kappa shape index (κ2) is 14.2. The summed E-state index contributed by atoms with van der Waals surface area (Å²) in [4.78, 5) is 30.3. The number of nitrogens with zero attached hydrogens (tertiary/aromatic N) is 5. The molecule has 4 atom stereocenters. The van der Waals surface area contributed by atoms with Gasteiger partial charge in [-0.1, -0.05) is 67.1 Å². The smallest absolute Gasteiger partial charge is 0.252 e. The summed E-state index contributed by atoms with van der Waals surface area (Å²) in [6, 6.07) is 21.0. The van der Waals surface area contributed by atoms with Crippen molar-refractivity contribution in [1.29, 1.82) is 0 Å². The molecule has 4 aromatic rings. The quantitative estimate of drug-likeness (QED) is 0.201. The number of benzene rings is 2. The first kappa shape index (κ1) is 32.4. The maximum Gasteiger partial charge on any atom is 0.252 e. The summed E-state index contributed by atoms with van der Waals surface area (Å²) >= 11 is 0. The van der Waals surface area contributed by atoms with E-state index < -0.39 is 30.3 Å². The number of likely N-dealkylation sites (N-methyl/N-ethyl adjacent to an activating group) is 1. The van der Waals surface area contributed by atoms with Crippen LogP contribution in [0.25, 0.3) is 11.2 Å². The number of aromatic nitrogens is 4. The van der Waals surface area contributed by atoms with Gasteiger partial charge in [-0.2, -0.15) is 9.97 Å². The van der Waals surface area contributed by atoms with Crippen LogP contribution in [-0.2, 0) is 19.0 Å². The van der Waals surface area contributed by atoms with E-state index in [4.69, 9.17) is 29.2 Å². The van der Waals surface area contributed by atoms with Gasteiger partial charge in [0.05, 0.1) is 6.33 Å². The van der Waals surface area contributed by atoms with Crippen molar-refractivity contribution in [3.05, 3.63) is 78.1 Å². The van der Waals surface area contributed by atoms with Crippen LogP contribution in [-0.4, -0.2) is 93.7 Å². The SMILES string of the molecule is CCNC(=O)[C@H]1O[C@@H](n2cnc3c(NCC(c4ccccc4)c4ccccc4)nc(NCCN4CCCCC4)nc32)[C@@H]2OC(C)(C)O[C@H]21. The van der Waals surface area contributed by atoms with Gasteiger partial charge in [0.1, 0.15) is 12.2 Å². The summed E-state index contributed by atoms with van der Waals surface area (Å²) in [5.41, 5.74) is 3.60. The zero-order valence-corrected chi connectivity index (χ0v) is 28.0. The van der Waals surface area contributed by atoms with E-state index in [2.05, 4.69) is 69.4 Å². The molecule has 3 aliphatic heterocycles. The van der Waals surface area contributed by atoms with Gasteiger partial charge < -0.3 is 35.1 Å². The van der Waals surface area contributed by atoms with E-state index in [1.807, 2.05) is 37.5 Å². The van der Waals surface area contributed by atoms with Crippen molar-refractivity contribution < 1.29 is 19.0 Å². The number of fused-ring (bicyclic) bond motifs is 2. The molecule has 7 rings (SSSR count). The van der Waals surface area contributed by atoms with Gasteiger partial charge >= 0.3 is 0 Å². The van der Waals surface area contributed by atoms with Crippen LogP contribution in [0, 0.1) is 0 Å². The lowest BCUT2D eigenvalue weighted by atomic mass is 9.91. The Morgan fingerprint density at radius 3 is 2.31 bits per heavy atom. The van der Waals surface area contributed by atoms with Crippen LogP contribution in [0.2, 0.25) is 0 Å². The highest BCUT2D eigenvalue weighted by Crippen LogP contribution is 2.44. The molecule has 12 nitrogen and oxygen atoms in total. The number of piperidine rings is 1. The summed E-state index contributed by atoms with van der Waals surface area (Å²) < 4.78 is 20.8. The number of rotatable bonds is 12. The highest BCUT2D eigenvalue weighted by Gasteiger charge is 2.58. The Morgan fingerprint density at radius 1 is 0.938 bits per heavy atom. The normalized spacial score (nSPS) is 23.8. The third-order valence-corrected chi connectivity index (χ3v) is 9.37. The fraction of sp³-hybridized carbons (Fsp3) is 0.500. The maximum atomic E-state index is 13.1. The predicted octanol–water partition coefficient (Wildman–Crippen LogP) is 4.52. The van der Waals surface area contributed by atoms with Crippen molar-refractivity contribution in [2.45, 2.75) is 76.3 Å². The number of hydrogen-bond donors (Lipinski definition) is 3. The Kier molecular flexibility index (Phi) is 9.58. The number of nitrogens with one attached hydrogen (secondary N) is 3. The summed E-state index contributed by atoms with van der Waals surface area (Å²) in [5.74, 6) is 0.0996. The molecule has 0 spiro atoms. The van der Waals surface area contributed by atoms with Crippen molar-refractivity contribution in [2.24, 2.45) is 0 Å². The van der Waals surface area contributed by atoms with Gasteiger partial charge in [0.25, 0.3) is 5.91 Å². The average Bonchev–Trinajstić information content (AvgIpc) is 3.77. The van der Waals surface area contributed by atoms with Crippen LogP contribution in [0.4, 0.5) is 11.8 Å². The van der Waals surface area contributed by atoms with E-state index in [-0.39, 0.29) is 11.8 Å². The molecule has 48 heavy (non-hydrogen) atoms. The van der Waals surface area contributed by atoms with E-state index in [0.29, 0.717) is 42.6 Å². The monoisotopic (exact) mass is 654 g/mol. The van der Waals surface area contributed by atoms with Gasteiger partial charge in [0, 0.05) is 32.1 Å². The maximum absolute atomic E-state index is 13.1. The predicted molar refractivity (Wildman–Crippen MR) is 184 cm³/mol. The Hall–Kier alpha value is -4.10. The second-order valence-electron chi connectivity index (χ2n) is 13.2. The van der Waals surface area contributed by atoms with Gasteiger partial charge in [-0.3, -0.25) is 9.36 Å². The molecule has 2 aromatic carbocycles. The molecule has 5 heterocycles.